The summed E-state index contributed by atoms with van der Waals surface area (Å²) in [7, 11) is 1.97. The number of likely N-dealkylation sites (N-methyl/N-ethyl adjacent to an activating group) is 1. The van der Waals surface area contributed by atoms with Gasteiger partial charge in [0.15, 0.2) is 5.78 Å². The molecule has 0 spiro atoms. The van der Waals surface area contributed by atoms with E-state index in [1.807, 2.05) is 57.0 Å². The summed E-state index contributed by atoms with van der Waals surface area (Å²) in [6, 6.07) is 15.4. The highest BCUT2D eigenvalue weighted by atomic mass is 32.1. The summed E-state index contributed by atoms with van der Waals surface area (Å²) in [4.78, 5) is 92.9. The maximum atomic E-state index is 16.0. The van der Waals surface area contributed by atoms with Gasteiger partial charge < -0.3 is 35.8 Å². The number of anilines is 2. The first kappa shape index (κ1) is 53.0. The van der Waals surface area contributed by atoms with Gasteiger partial charge in [0.05, 0.1) is 51.2 Å². The number of aryl methyl sites for hydroxylation is 1. The maximum Gasteiger partial charge on any atom is 0.417 e. The van der Waals surface area contributed by atoms with Crippen LogP contribution >= 0.6 is 11.3 Å². The van der Waals surface area contributed by atoms with Crippen LogP contribution in [-0.2, 0) is 27.1 Å². The zero-order valence-electron chi connectivity index (χ0n) is 40.9. The standard InChI is InChI=1S/C52H58F4N8O7S/c1-28-24-63(25-29(2)62(28)7)43-15-13-33(17-42(43)61-48(69)38-23-57-45(67)20-39(38)52(54,55)56)37-14-12-34(16-41(37)53)47(68)59-22-35(65)18-40(51(4,5)6)50(71)64-26-36(66)19-44(64)49(70)58-21-31-8-10-32(11-9-31)46-30(3)60-27-72-46/h8-17,20,23,27-29,36,40,44,66H,18-19,21-22,24-26H2,1-7H3,(H,57,67)(H,58,70)(H,59,68)(H,61,69)/t28-,29+,36-,40-,44+/m1/s1. The molecule has 5 atom stereocenters. The fourth-order valence-electron chi connectivity index (χ4n) is 9.17. The molecule has 4 amide bonds. The zero-order valence-corrected chi connectivity index (χ0v) is 41.8. The van der Waals surface area contributed by atoms with Crippen molar-refractivity contribution in [3.05, 3.63) is 123 Å². The minimum absolute atomic E-state index is 0.00753. The molecule has 0 radical (unpaired) electrons. The lowest BCUT2D eigenvalue weighted by atomic mass is 9.76. The summed E-state index contributed by atoms with van der Waals surface area (Å²) >= 11 is 1.53. The molecule has 72 heavy (non-hydrogen) atoms. The summed E-state index contributed by atoms with van der Waals surface area (Å²) in [6.07, 6.45) is -5.58. The number of amides is 4. The second-order valence-electron chi connectivity index (χ2n) is 19.7. The van der Waals surface area contributed by atoms with Crippen molar-refractivity contribution in [2.24, 2.45) is 11.3 Å². The van der Waals surface area contributed by atoms with Gasteiger partial charge in [-0.15, -0.1) is 11.3 Å². The Labute approximate surface area is 418 Å². The fourth-order valence-corrected chi connectivity index (χ4v) is 9.98. The third-order valence-electron chi connectivity index (χ3n) is 13.5. The molecule has 2 aliphatic heterocycles. The lowest BCUT2D eigenvalue weighted by molar-refractivity contribution is -0.146. The molecule has 0 bridgehead atoms. The van der Waals surface area contributed by atoms with Crippen LogP contribution in [0.15, 0.2) is 83.2 Å². The van der Waals surface area contributed by atoms with Gasteiger partial charge in [0.25, 0.3) is 11.8 Å². The normalized spacial score (nSPS) is 18.9. The van der Waals surface area contributed by atoms with Gasteiger partial charge in [-0.05, 0) is 74.2 Å². The molecule has 2 aliphatic rings. The number of aromatic amines is 1. The van der Waals surface area contributed by atoms with E-state index in [-0.39, 0.29) is 60.4 Å². The molecule has 7 rings (SSSR count). The van der Waals surface area contributed by atoms with E-state index >= 15 is 4.39 Å². The van der Waals surface area contributed by atoms with Crippen LogP contribution in [-0.4, -0.2) is 112 Å². The van der Waals surface area contributed by atoms with Gasteiger partial charge in [-0.25, -0.2) is 9.37 Å². The number of alkyl halides is 3. The average Bonchev–Trinajstić information content (AvgIpc) is 3.94. The molecular formula is C52H58F4N8O7S. The van der Waals surface area contributed by atoms with Crippen molar-refractivity contribution in [2.45, 2.75) is 91.3 Å². The highest BCUT2D eigenvalue weighted by Crippen LogP contribution is 2.38. The Balaban J connectivity index is 1.02. The summed E-state index contributed by atoms with van der Waals surface area (Å²) in [5.41, 5.74) is 1.08. The number of piperazine rings is 1. The number of hydrogen-bond donors (Lipinski definition) is 5. The van der Waals surface area contributed by atoms with Crippen molar-refractivity contribution >= 4 is 52.1 Å². The van der Waals surface area contributed by atoms with E-state index in [1.54, 1.807) is 38.4 Å². The highest BCUT2D eigenvalue weighted by Gasteiger charge is 2.44. The number of H-pyrrole nitrogens is 1. The number of aliphatic hydroxyl groups is 1. The number of Topliss-reactive ketones (excluding diaryl/α,β-unsaturated/α-hetero) is 1. The van der Waals surface area contributed by atoms with Crippen LogP contribution in [0.5, 0.6) is 0 Å². The minimum Gasteiger partial charge on any atom is -0.391 e. The Morgan fingerprint density at radius 3 is 2.21 bits per heavy atom. The first-order chi connectivity index (χ1) is 33.9. The molecular weight excluding hydrogens is 957 g/mol. The molecule has 15 nitrogen and oxygen atoms in total. The van der Waals surface area contributed by atoms with Crippen molar-refractivity contribution in [2.75, 3.05) is 43.4 Å². The molecule has 2 aromatic heterocycles. The van der Waals surface area contributed by atoms with Crippen LogP contribution in [0, 0.1) is 24.1 Å². The van der Waals surface area contributed by atoms with Crippen LogP contribution in [0.25, 0.3) is 21.6 Å². The van der Waals surface area contributed by atoms with Gasteiger partial charge in [0, 0.05) is 80.4 Å². The average molecular weight is 1020 g/mol. The number of carbonyl (C=O) groups excluding carboxylic acids is 5. The maximum absolute atomic E-state index is 16.0. The smallest absolute Gasteiger partial charge is 0.391 e. The van der Waals surface area contributed by atoms with E-state index in [0.29, 0.717) is 31.0 Å². The topological polar surface area (TPSA) is 197 Å². The number of halogens is 4. The Morgan fingerprint density at radius 2 is 1.58 bits per heavy atom. The molecule has 382 valence electrons. The molecule has 5 N–H and O–H groups in total. The van der Waals surface area contributed by atoms with Crippen molar-refractivity contribution < 1.29 is 46.6 Å². The van der Waals surface area contributed by atoms with E-state index in [4.69, 9.17) is 0 Å². The summed E-state index contributed by atoms with van der Waals surface area (Å²) in [6.45, 7) is 11.8. The van der Waals surface area contributed by atoms with E-state index in [2.05, 4.69) is 30.8 Å². The molecule has 0 saturated carbocycles. The Kier molecular flexibility index (Phi) is 15.9. The number of likely N-dealkylation sites (tertiary alicyclic amines) is 1. The number of β-amino-alcohol motifs (C(OH)–C–C–N with tert-alkyl or cyclic N) is 1. The van der Waals surface area contributed by atoms with Crippen molar-refractivity contribution in [3.63, 3.8) is 0 Å². The summed E-state index contributed by atoms with van der Waals surface area (Å²) in [5.74, 6) is -5.19. The van der Waals surface area contributed by atoms with Crippen molar-refractivity contribution in [1.29, 1.82) is 0 Å². The van der Waals surface area contributed by atoms with Crippen molar-refractivity contribution in [1.82, 2.24) is 30.4 Å². The number of rotatable bonds is 14. The number of nitrogens with one attached hydrogen (secondary N) is 4. The van der Waals surface area contributed by atoms with Gasteiger partial charge in [-0.2, -0.15) is 13.2 Å². The van der Waals surface area contributed by atoms with Crippen LogP contribution in [0.3, 0.4) is 0 Å². The van der Waals surface area contributed by atoms with Crippen LogP contribution < -0.4 is 26.4 Å². The quantitative estimate of drug-likeness (QED) is 0.0720. The zero-order chi connectivity index (χ0) is 52.4. The predicted molar refractivity (Wildman–Crippen MR) is 266 cm³/mol. The SMILES string of the molecule is Cc1ncsc1-c1ccc(CNC(=O)[C@@H]2C[C@@H](O)CN2C(=O)[C@@H](CC(=O)CNC(=O)c2ccc(-c3ccc(N4C[C@@H](C)N(C)[C@@H](C)C4)c(NC(=O)c4c[nH]c(=O)cc4C(F)(F)F)c3)c(F)c2)C(C)(C)C)cc1. The van der Waals surface area contributed by atoms with E-state index in [0.717, 1.165) is 27.8 Å². The number of benzene rings is 3. The van der Waals surface area contributed by atoms with Gasteiger partial charge >= 0.3 is 6.18 Å². The number of hydrogen-bond acceptors (Lipinski definition) is 11. The summed E-state index contributed by atoms with van der Waals surface area (Å²) in [5, 5.41) is 18.6. The molecule has 2 fully saturated rings. The Morgan fingerprint density at radius 1 is 0.903 bits per heavy atom. The predicted octanol–water partition coefficient (Wildman–Crippen LogP) is 7.04. The molecule has 20 heteroatoms. The lowest BCUT2D eigenvalue weighted by Gasteiger charge is -2.44. The second-order valence-corrected chi connectivity index (χ2v) is 20.5. The third kappa shape index (κ3) is 12.1. The molecule has 0 aliphatic carbocycles. The number of thiazole rings is 1. The first-order valence-corrected chi connectivity index (χ1v) is 24.3. The number of aliphatic hydroxyl groups excluding tert-OH is 1. The van der Waals surface area contributed by atoms with Crippen LogP contribution in [0.4, 0.5) is 28.9 Å². The number of aromatic nitrogens is 2. The number of pyridine rings is 1. The second kappa shape index (κ2) is 21.5. The largest absolute Gasteiger partial charge is 0.417 e. The van der Waals surface area contributed by atoms with E-state index < -0.39 is 88.1 Å². The highest BCUT2D eigenvalue weighted by molar-refractivity contribution is 7.13. The number of nitrogens with zero attached hydrogens (tertiary/aromatic N) is 4. The summed E-state index contributed by atoms with van der Waals surface area (Å²) < 4.78 is 58.0. The van der Waals surface area contributed by atoms with Gasteiger partial charge in [-0.1, -0.05) is 57.2 Å². The van der Waals surface area contributed by atoms with Crippen molar-refractivity contribution in [3.8, 4) is 21.6 Å². The van der Waals surface area contributed by atoms with Crippen LogP contribution in [0.1, 0.15) is 85.0 Å². The first-order valence-electron chi connectivity index (χ1n) is 23.5. The van der Waals surface area contributed by atoms with E-state index in [9.17, 15) is 47.0 Å². The fraction of sp³-hybridized carbons (Fsp3) is 0.404. The Hall–Kier alpha value is -6.77. The molecule has 4 heterocycles. The van der Waals surface area contributed by atoms with Crippen LogP contribution in [0.2, 0.25) is 0 Å². The monoisotopic (exact) mass is 1010 g/mol. The lowest BCUT2D eigenvalue weighted by Crippen LogP contribution is -2.55. The van der Waals surface area contributed by atoms with E-state index in [1.165, 1.54) is 34.4 Å². The van der Waals surface area contributed by atoms with Gasteiger partial charge in [0.2, 0.25) is 17.4 Å². The Bertz CT molecular complexity index is 2910. The molecule has 5 aromatic rings. The third-order valence-corrected chi connectivity index (χ3v) is 14.5. The minimum atomic E-state index is -5.02. The van der Waals surface area contributed by atoms with Gasteiger partial charge in [0.1, 0.15) is 11.9 Å². The molecule has 3 aromatic carbocycles. The molecule has 2 saturated heterocycles. The molecule has 0 unspecified atom stereocenters. The number of ketones is 1. The number of carbonyl (C=O) groups is 5. The van der Waals surface area contributed by atoms with Gasteiger partial charge in [-0.3, -0.25) is 33.7 Å².